The summed E-state index contributed by atoms with van der Waals surface area (Å²) in [5, 5.41) is 12.3. The number of nitrogens with two attached hydrogens (primary N) is 1. The third-order valence-corrected chi connectivity index (χ3v) is 4.15. The Morgan fingerprint density at radius 1 is 1.20 bits per heavy atom. The Labute approximate surface area is 155 Å². The van der Waals surface area contributed by atoms with Gasteiger partial charge < -0.3 is 27.6 Å². The molecule has 0 saturated carbocycles. The highest BCUT2D eigenvalue weighted by atomic mass is 35.5. The van der Waals surface area contributed by atoms with Crippen molar-refractivity contribution in [2.24, 2.45) is 0 Å². The second-order valence-corrected chi connectivity index (χ2v) is 6.09. The molecule has 0 aliphatic rings. The van der Waals surface area contributed by atoms with E-state index in [0.29, 0.717) is 30.8 Å². The highest BCUT2D eigenvalue weighted by Crippen LogP contribution is 2.18. The fraction of sp³-hybridized carbons (Fsp3) is 0.350. The van der Waals surface area contributed by atoms with Crippen LogP contribution in [0.5, 0.6) is 5.75 Å². The van der Waals surface area contributed by atoms with Gasteiger partial charge in [0.1, 0.15) is 18.4 Å². The number of hydrogen-bond donors (Lipinski definition) is 2. The van der Waals surface area contributed by atoms with Gasteiger partial charge in [0.25, 0.3) is 0 Å². The largest absolute Gasteiger partial charge is 1.00 e. The van der Waals surface area contributed by atoms with Crippen LogP contribution in [-0.4, -0.2) is 31.1 Å². The van der Waals surface area contributed by atoms with Crippen molar-refractivity contribution in [3.8, 4) is 5.75 Å². The van der Waals surface area contributed by atoms with Crippen molar-refractivity contribution >= 4 is 5.78 Å². The van der Waals surface area contributed by atoms with Crippen LogP contribution in [0.1, 0.15) is 39.6 Å². The minimum atomic E-state index is -0.517. The van der Waals surface area contributed by atoms with Crippen LogP contribution in [-0.2, 0) is 0 Å². The summed E-state index contributed by atoms with van der Waals surface area (Å²) in [4.78, 5) is 12.2. The summed E-state index contributed by atoms with van der Waals surface area (Å²) in [5.41, 5.74) is 3.86. The summed E-state index contributed by atoms with van der Waals surface area (Å²) >= 11 is 0. The van der Waals surface area contributed by atoms with Crippen LogP contribution in [0, 0.1) is 13.8 Å². The van der Waals surface area contributed by atoms with E-state index in [1.54, 1.807) is 19.2 Å². The van der Waals surface area contributed by atoms with E-state index in [0.717, 1.165) is 16.7 Å². The van der Waals surface area contributed by atoms with Crippen molar-refractivity contribution in [3.63, 3.8) is 0 Å². The van der Waals surface area contributed by atoms with E-state index in [-0.39, 0.29) is 18.2 Å². The molecule has 0 radical (unpaired) electrons. The fourth-order valence-electron chi connectivity index (χ4n) is 2.70. The van der Waals surface area contributed by atoms with Crippen LogP contribution in [0.4, 0.5) is 0 Å². The molecule has 136 valence electrons. The molecular formula is C20H26ClNO3. The number of hydrogen-bond acceptors (Lipinski definition) is 3. The Balaban J connectivity index is 0.00000312. The number of ether oxygens (including phenoxy) is 1. The first-order valence-electron chi connectivity index (χ1n) is 8.25. The van der Waals surface area contributed by atoms with Gasteiger partial charge in [-0.05, 0) is 37.1 Å². The number of quaternary nitrogens is 1. The number of methoxy groups -OCH3 is 1. The van der Waals surface area contributed by atoms with Gasteiger partial charge in [-0.15, -0.1) is 0 Å². The van der Waals surface area contributed by atoms with E-state index in [4.69, 9.17) is 4.74 Å². The molecule has 0 fully saturated rings. The zero-order chi connectivity index (χ0) is 17.5. The number of aryl methyl sites for hydroxylation is 2. The maximum absolute atomic E-state index is 12.2. The standard InChI is InChI=1S/C20H25NO3.ClH/c1-14-7-8-15(2)18(11-14)20(23)13-21-10-9-19(22)16-5-4-6-17(12-16)24-3;/h4-8,11-12,20-21,23H,9-10,13H2,1-3H3;1H. The first-order chi connectivity index (χ1) is 11.5. The second kappa shape index (κ2) is 10.2. The van der Waals surface area contributed by atoms with Crippen molar-refractivity contribution in [3.05, 3.63) is 64.7 Å². The van der Waals surface area contributed by atoms with Crippen LogP contribution in [0.3, 0.4) is 0 Å². The summed E-state index contributed by atoms with van der Waals surface area (Å²) in [6.45, 7) is 5.23. The van der Waals surface area contributed by atoms with Crippen molar-refractivity contribution in [2.75, 3.05) is 20.2 Å². The number of aliphatic hydroxyl groups is 1. The molecule has 0 saturated heterocycles. The van der Waals surface area contributed by atoms with Gasteiger partial charge in [0.15, 0.2) is 5.78 Å². The number of Topliss-reactive ketones (excluding diaryl/α,β-unsaturated/α-hetero) is 1. The van der Waals surface area contributed by atoms with Crippen molar-refractivity contribution in [2.45, 2.75) is 26.4 Å². The van der Waals surface area contributed by atoms with Crippen LogP contribution >= 0.6 is 0 Å². The summed E-state index contributed by atoms with van der Waals surface area (Å²) in [5.74, 6) is 0.779. The molecule has 0 aromatic heterocycles. The van der Waals surface area contributed by atoms with Gasteiger partial charge in [0, 0.05) is 5.56 Å². The lowest BCUT2D eigenvalue weighted by Crippen LogP contribution is -3.00. The van der Waals surface area contributed by atoms with Gasteiger partial charge in [0.05, 0.1) is 20.1 Å². The third kappa shape index (κ3) is 6.16. The zero-order valence-corrected chi connectivity index (χ0v) is 15.7. The molecule has 4 nitrogen and oxygen atoms in total. The number of rotatable bonds is 8. The molecule has 25 heavy (non-hydrogen) atoms. The number of benzene rings is 2. The van der Waals surface area contributed by atoms with E-state index < -0.39 is 6.10 Å². The summed E-state index contributed by atoms with van der Waals surface area (Å²) in [6.07, 6.45) is -0.0796. The average Bonchev–Trinajstić information content (AvgIpc) is 2.60. The molecule has 2 rings (SSSR count). The smallest absolute Gasteiger partial charge is 0.168 e. The Morgan fingerprint density at radius 2 is 1.96 bits per heavy atom. The van der Waals surface area contributed by atoms with E-state index in [1.807, 2.05) is 49.5 Å². The van der Waals surface area contributed by atoms with E-state index >= 15 is 0 Å². The Bertz CT molecular complexity index is 703. The van der Waals surface area contributed by atoms with Crippen molar-refractivity contribution in [1.29, 1.82) is 0 Å². The second-order valence-electron chi connectivity index (χ2n) is 6.09. The number of carbonyl (C=O) groups is 1. The lowest BCUT2D eigenvalue weighted by atomic mass is 10.0. The van der Waals surface area contributed by atoms with Gasteiger partial charge in [-0.1, -0.05) is 35.9 Å². The van der Waals surface area contributed by atoms with Gasteiger partial charge >= 0.3 is 0 Å². The molecule has 5 heteroatoms. The predicted octanol–water partition coefficient (Wildman–Crippen LogP) is -0.814. The molecule has 1 unspecified atom stereocenters. The van der Waals surface area contributed by atoms with Crippen LogP contribution in [0.25, 0.3) is 0 Å². The molecule has 0 spiro atoms. The molecule has 1 atom stereocenters. The Kier molecular flexibility index (Phi) is 8.62. The lowest BCUT2D eigenvalue weighted by Gasteiger charge is -2.13. The van der Waals surface area contributed by atoms with E-state index in [2.05, 4.69) is 0 Å². The molecule has 0 amide bonds. The molecule has 0 aliphatic carbocycles. The Morgan fingerprint density at radius 3 is 2.68 bits per heavy atom. The number of carbonyl (C=O) groups excluding carboxylic acids is 1. The molecule has 0 aliphatic heterocycles. The predicted molar refractivity (Wildman–Crippen MR) is 94.5 cm³/mol. The maximum atomic E-state index is 12.2. The van der Waals surface area contributed by atoms with E-state index in [1.165, 1.54) is 0 Å². The molecular weight excluding hydrogens is 338 g/mol. The van der Waals surface area contributed by atoms with Crippen molar-refractivity contribution < 1.29 is 32.4 Å². The van der Waals surface area contributed by atoms with Gasteiger partial charge in [0.2, 0.25) is 0 Å². The van der Waals surface area contributed by atoms with Crippen molar-refractivity contribution in [1.82, 2.24) is 0 Å². The van der Waals surface area contributed by atoms with Gasteiger partial charge in [-0.3, -0.25) is 4.79 Å². The molecule has 0 heterocycles. The monoisotopic (exact) mass is 363 g/mol. The van der Waals surface area contributed by atoms with Gasteiger partial charge in [-0.2, -0.15) is 0 Å². The SMILES string of the molecule is COc1cccc(C(=O)CC[NH2+]CC(O)c2cc(C)ccc2C)c1.[Cl-]. The highest BCUT2D eigenvalue weighted by Gasteiger charge is 2.13. The average molecular weight is 364 g/mol. The molecule has 0 bridgehead atoms. The lowest BCUT2D eigenvalue weighted by molar-refractivity contribution is -0.660. The minimum absolute atomic E-state index is 0. The normalized spacial score (nSPS) is 11.5. The third-order valence-electron chi connectivity index (χ3n) is 4.15. The van der Waals surface area contributed by atoms with E-state index in [9.17, 15) is 9.90 Å². The summed E-state index contributed by atoms with van der Waals surface area (Å²) in [6, 6.07) is 13.3. The molecule has 2 aromatic carbocycles. The number of aliphatic hydroxyl groups excluding tert-OH is 1. The molecule has 3 N–H and O–H groups in total. The topological polar surface area (TPSA) is 63.1 Å². The quantitative estimate of drug-likeness (QED) is 0.476. The highest BCUT2D eigenvalue weighted by molar-refractivity contribution is 5.96. The zero-order valence-electron chi connectivity index (χ0n) is 15.0. The van der Waals surface area contributed by atoms with Crippen LogP contribution in [0.2, 0.25) is 0 Å². The number of halogens is 1. The summed E-state index contributed by atoms with van der Waals surface area (Å²) in [7, 11) is 1.59. The minimum Gasteiger partial charge on any atom is -1.00 e. The van der Waals surface area contributed by atoms with Crippen LogP contribution in [0.15, 0.2) is 42.5 Å². The Hall–Kier alpha value is -1.88. The molecule has 2 aromatic rings. The van der Waals surface area contributed by atoms with Gasteiger partial charge in [-0.25, -0.2) is 0 Å². The summed E-state index contributed by atoms with van der Waals surface area (Å²) < 4.78 is 5.14. The fourth-order valence-corrected chi connectivity index (χ4v) is 2.70. The number of ketones is 1. The van der Waals surface area contributed by atoms with Crippen LogP contribution < -0.4 is 22.5 Å². The maximum Gasteiger partial charge on any atom is 0.168 e. The first kappa shape index (κ1) is 21.2. The first-order valence-corrected chi connectivity index (χ1v) is 8.25.